The van der Waals surface area contributed by atoms with Crippen molar-refractivity contribution in [1.82, 2.24) is 14.9 Å². The number of benzene rings is 1. The Morgan fingerprint density at radius 2 is 1.84 bits per heavy atom. The Balaban J connectivity index is 1.49. The van der Waals surface area contributed by atoms with Gasteiger partial charge >= 0.3 is 0 Å². The van der Waals surface area contributed by atoms with Gasteiger partial charge in [0.1, 0.15) is 17.0 Å². The third-order valence-electron chi connectivity index (χ3n) is 4.39. The van der Waals surface area contributed by atoms with Crippen LogP contribution in [0.25, 0.3) is 10.2 Å². The molecule has 0 N–H and O–H groups in total. The maximum atomic E-state index is 12.6. The predicted molar refractivity (Wildman–Crippen MR) is 104 cm³/mol. The maximum Gasteiger partial charge on any atom is 0.253 e. The highest BCUT2D eigenvalue weighted by Gasteiger charge is 2.24. The minimum absolute atomic E-state index is 0.0892. The number of halogens is 1. The zero-order valence-electron chi connectivity index (χ0n) is 13.8. The normalized spacial score (nSPS) is 15.0. The second-order valence-electron chi connectivity index (χ2n) is 6.06. The summed E-state index contributed by atoms with van der Waals surface area (Å²) in [7, 11) is 0. The maximum absolute atomic E-state index is 12.6. The van der Waals surface area contributed by atoms with Gasteiger partial charge in [0, 0.05) is 41.1 Å². The first kappa shape index (κ1) is 16.5. The molecule has 1 aliphatic heterocycles. The van der Waals surface area contributed by atoms with Gasteiger partial charge in [-0.05, 0) is 37.3 Å². The fourth-order valence-corrected chi connectivity index (χ4v) is 4.22. The first-order valence-electron chi connectivity index (χ1n) is 8.13. The molecule has 0 bridgehead atoms. The van der Waals surface area contributed by atoms with Crippen molar-refractivity contribution in [1.29, 1.82) is 0 Å². The molecule has 1 fully saturated rings. The molecule has 25 heavy (non-hydrogen) atoms. The molecular formula is C18H17BrN4OS. The van der Waals surface area contributed by atoms with Crippen molar-refractivity contribution >= 4 is 49.2 Å². The third-order valence-corrected chi connectivity index (χ3v) is 5.88. The molecule has 4 rings (SSSR count). The molecule has 5 nitrogen and oxygen atoms in total. The van der Waals surface area contributed by atoms with Gasteiger partial charge in [-0.25, -0.2) is 9.97 Å². The smallest absolute Gasteiger partial charge is 0.253 e. The summed E-state index contributed by atoms with van der Waals surface area (Å²) in [5.74, 6) is 1.07. The Labute approximate surface area is 158 Å². The highest BCUT2D eigenvalue weighted by molar-refractivity contribution is 9.10. The molecule has 2 aromatic heterocycles. The van der Waals surface area contributed by atoms with Gasteiger partial charge in [0.05, 0.1) is 5.39 Å². The van der Waals surface area contributed by atoms with Crippen LogP contribution in [0.2, 0.25) is 0 Å². The first-order chi connectivity index (χ1) is 12.1. The molecule has 0 saturated carbocycles. The number of amides is 1. The summed E-state index contributed by atoms with van der Waals surface area (Å²) in [5, 5.41) is 1.11. The van der Waals surface area contributed by atoms with Gasteiger partial charge < -0.3 is 9.80 Å². The Hall–Kier alpha value is -1.99. The van der Waals surface area contributed by atoms with E-state index in [-0.39, 0.29) is 5.91 Å². The average Bonchev–Trinajstić information content (AvgIpc) is 3.02. The van der Waals surface area contributed by atoms with Gasteiger partial charge in [-0.15, -0.1) is 11.3 Å². The lowest BCUT2D eigenvalue weighted by Gasteiger charge is -2.35. The van der Waals surface area contributed by atoms with Crippen LogP contribution >= 0.6 is 27.3 Å². The van der Waals surface area contributed by atoms with Crippen LogP contribution in [-0.2, 0) is 0 Å². The number of hydrogen-bond donors (Lipinski definition) is 0. The van der Waals surface area contributed by atoms with E-state index in [4.69, 9.17) is 0 Å². The average molecular weight is 417 g/mol. The van der Waals surface area contributed by atoms with Gasteiger partial charge in [-0.2, -0.15) is 0 Å². The van der Waals surface area contributed by atoms with Crippen molar-refractivity contribution in [2.24, 2.45) is 0 Å². The monoisotopic (exact) mass is 416 g/mol. The quantitative estimate of drug-likeness (QED) is 0.638. The van der Waals surface area contributed by atoms with Gasteiger partial charge in [-0.1, -0.05) is 15.9 Å². The summed E-state index contributed by atoms with van der Waals surface area (Å²) < 4.78 is 0.979. The van der Waals surface area contributed by atoms with E-state index in [1.807, 2.05) is 29.2 Å². The Morgan fingerprint density at radius 3 is 2.56 bits per heavy atom. The van der Waals surface area contributed by atoms with E-state index < -0.39 is 0 Å². The summed E-state index contributed by atoms with van der Waals surface area (Å²) >= 11 is 5.09. The SMILES string of the molecule is Cc1cc2c(N3CCN(C(=O)c4ccc(Br)cc4)CC3)ncnc2s1. The lowest BCUT2D eigenvalue weighted by atomic mass is 10.2. The molecule has 0 atom stereocenters. The number of piperazine rings is 1. The topological polar surface area (TPSA) is 49.3 Å². The molecule has 7 heteroatoms. The number of carbonyl (C=O) groups is 1. The number of thiophene rings is 1. The highest BCUT2D eigenvalue weighted by Crippen LogP contribution is 2.30. The van der Waals surface area contributed by atoms with Gasteiger partial charge in [-0.3, -0.25) is 4.79 Å². The van der Waals surface area contributed by atoms with Gasteiger partial charge in [0.2, 0.25) is 0 Å². The van der Waals surface area contributed by atoms with Crippen molar-refractivity contribution < 1.29 is 4.79 Å². The van der Waals surface area contributed by atoms with E-state index in [1.54, 1.807) is 17.7 Å². The van der Waals surface area contributed by atoms with Crippen LogP contribution in [-0.4, -0.2) is 47.0 Å². The minimum atomic E-state index is 0.0892. The summed E-state index contributed by atoms with van der Waals surface area (Å²) in [4.78, 5) is 27.9. The van der Waals surface area contributed by atoms with Crippen LogP contribution in [0.1, 0.15) is 15.2 Å². The van der Waals surface area contributed by atoms with Crippen LogP contribution < -0.4 is 4.90 Å². The lowest BCUT2D eigenvalue weighted by Crippen LogP contribution is -2.49. The fraction of sp³-hybridized carbons (Fsp3) is 0.278. The summed E-state index contributed by atoms with van der Waals surface area (Å²) in [5.41, 5.74) is 0.731. The molecule has 0 unspecified atom stereocenters. The third kappa shape index (κ3) is 3.26. The van der Waals surface area contributed by atoms with E-state index >= 15 is 0 Å². The van der Waals surface area contributed by atoms with Crippen molar-refractivity contribution in [3.05, 3.63) is 51.6 Å². The fourth-order valence-electron chi connectivity index (χ4n) is 3.11. The standard InChI is InChI=1S/C18H17BrN4OS/c1-12-10-15-16(20-11-21-17(15)25-12)22-6-8-23(9-7-22)18(24)13-2-4-14(19)5-3-13/h2-5,10-11H,6-9H2,1H3. The summed E-state index contributed by atoms with van der Waals surface area (Å²) in [6.07, 6.45) is 1.63. The zero-order valence-corrected chi connectivity index (χ0v) is 16.2. The molecular weight excluding hydrogens is 400 g/mol. The molecule has 1 aromatic carbocycles. The number of fused-ring (bicyclic) bond motifs is 1. The van der Waals surface area contributed by atoms with Crippen molar-refractivity contribution in [2.75, 3.05) is 31.1 Å². The van der Waals surface area contributed by atoms with Crippen LogP contribution in [0, 0.1) is 6.92 Å². The summed E-state index contributed by atoms with van der Waals surface area (Å²) in [6, 6.07) is 9.68. The molecule has 0 spiro atoms. The Bertz CT molecular complexity index is 916. The van der Waals surface area contributed by atoms with E-state index in [0.29, 0.717) is 13.1 Å². The number of hydrogen-bond acceptors (Lipinski definition) is 5. The van der Waals surface area contributed by atoms with E-state index in [1.165, 1.54) is 4.88 Å². The van der Waals surface area contributed by atoms with Crippen LogP contribution in [0.4, 0.5) is 5.82 Å². The molecule has 0 aliphatic carbocycles. The Kier molecular flexibility index (Phi) is 4.43. The van der Waals surface area contributed by atoms with Crippen LogP contribution in [0.3, 0.4) is 0 Å². The lowest BCUT2D eigenvalue weighted by molar-refractivity contribution is 0.0746. The predicted octanol–water partition coefficient (Wildman–Crippen LogP) is 3.72. The molecule has 3 heterocycles. The second-order valence-corrected chi connectivity index (χ2v) is 8.21. The highest BCUT2D eigenvalue weighted by atomic mass is 79.9. The number of nitrogens with zero attached hydrogens (tertiary/aromatic N) is 4. The molecule has 0 radical (unpaired) electrons. The summed E-state index contributed by atoms with van der Waals surface area (Å²) in [6.45, 7) is 5.05. The number of anilines is 1. The second kappa shape index (κ2) is 6.72. The Morgan fingerprint density at radius 1 is 1.12 bits per heavy atom. The minimum Gasteiger partial charge on any atom is -0.352 e. The molecule has 128 valence electrons. The van der Waals surface area contributed by atoms with Gasteiger partial charge in [0.15, 0.2) is 0 Å². The van der Waals surface area contributed by atoms with Crippen LogP contribution in [0.5, 0.6) is 0 Å². The molecule has 3 aromatic rings. The van der Waals surface area contributed by atoms with Crippen molar-refractivity contribution in [3.63, 3.8) is 0 Å². The molecule has 1 amide bonds. The van der Waals surface area contributed by atoms with E-state index in [2.05, 4.69) is 43.8 Å². The number of rotatable bonds is 2. The largest absolute Gasteiger partial charge is 0.352 e. The van der Waals surface area contributed by atoms with E-state index in [0.717, 1.165) is 39.2 Å². The van der Waals surface area contributed by atoms with Crippen molar-refractivity contribution in [2.45, 2.75) is 6.92 Å². The van der Waals surface area contributed by atoms with Gasteiger partial charge in [0.25, 0.3) is 5.91 Å². The van der Waals surface area contributed by atoms with Crippen molar-refractivity contribution in [3.8, 4) is 0 Å². The number of aryl methyl sites for hydroxylation is 1. The first-order valence-corrected chi connectivity index (χ1v) is 9.74. The van der Waals surface area contributed by atoms with Crippen LogP contribution in [0.15, 0.2) is 41.1 Å². The molecule has 1 aliphatic rings. The zero-order chi connectivity index (χ0) is 17.4. The van der Waals surface area contributed by atoms with E-state index in [9.17, 15) is 4.79 Å². The molecule has 1 saturated heterocycles. The number of carbonyl (C=O) groups excluding carboxylic acids is 1. The number of aromatic nitrogens is 2.